The maximum absolute atomic E-state index is 12.0. The Balaban J connectivity index is 1.73. The predicted molar refractivity (Wildman–Crippen MR) is 97.0 cm³/mol. The normalized spacial score (nSPS) is 15.1. The van der Waals surface area contributed by atoms with Crippen molar-refractivity contribution in [2.24, 2.45) is 0 Å². The van der Waals surface area contributed by atoms with Crippen LogP contribution in [0.2, 0.25) is 0 Å². The Morgan fingerprint density at radius 2 is 2.12 bits per heavy atom. The van der Waals surface area contributed by atoms with Gasteiger partial charge < -0.3 is 19.5 Å². The quantitative estimate of drug-likeness (QED) is 0.828. The first-order valence-electron chi connectivity index (χ1n) is 8.69. The third-order valence-corrected chi connectivity index (χ3v) is 4.40. The zero-order valence-corrected chi connectivity index (χ0v) is 14.9. The molecule has 1 aromatic heterocycles. The van der Waals surface area contributed by atoms with E-state index < -0.39 is 0 Å². The maximum Gasteiger partial charge on any atom is 0.414 e. The lowest BCUT2D eigenvalue weighted by Crippen LogP contribution is -2.38. The Morgan fingerprint density at radius 3 is 2.81 bits per heavy atom. The SMILES string of the molecule is C=C(C)OC(=O)N1CCC(c2ncnc3cc(OCCO)ccc23)CC1. The number of aromatic nitrogens is 2. The molecule has 2 heterocycles. The molecule has 26 heavy (non-hydrogen) atoms. The summed E-state index contributed by atoms with van der Waals surface area (Å²) in [5.74, 6) is 1.34. The second-order valence-corrected chi connectivity index (χ2v) is 6.34. The Bertz CT molecular complexity index is 800. The van der Waals surface area contributed by atoms with Crippen molar-refractivity contribution in [1.82, 2.24) is 14.9 Å². The van der Waals surface area contributed by atoms with Gasteiger partial charge in [0.25, 0.3) is 0 Å². The van der Waals surface area contributed by atoms with Gasteiger partial charge in [0.05, 0.1) is 23.6 Å². The average Bonchev–Trinajstić information content (AvgIpc) is 2.65. The summed E-state index contributed by atoms with van der Waals surface area (Å²) in [7, 11) is 0. The number of nitrogens with zero attached hydrogens (tertiary/aromatic N) is 3. The molecular weight excluding hydrogens is 334 g/mol. The average molecular weight is 357 g/mol. The lowest BCUT2D eigenvalue weighted by atomic mass is 9.91. The van der Waals surface area contributed by atoms with Crippen LogP contribution in [0.4, 0.5) is 4.79 Å². The molecule has 138 valence electrons. The number of likely N-dealkylation sites (tertiary alicyclic amines) is 1. The van der Waals surface area contributed by atoms with Crippen molar-refractivity contribution in [2.45, 2.75) is 25.7 Å². The summed E-state index contributed by atoms with van der Waals surface area (Å²) in [4.78, 5) is 22.5. The molecule has 0 atom stereocenters. The van der Waals surface area contributed by atoms with E-state index in [2.05, 4.69) is 16.5 Å². The van der Waals surface area contributed by atoms with Crippen molar-refractivity contribution in [3.8, 4) is 5.75 Å². The highest BCUT2D eigenvalue weighted by molar-refractivity contribution is 5.82. The maximum atomic E-state index is 12.0. The summed E-state index contributed by atoms with van der Waals surface area (Å²) in [5, 5.41) is 9.86. The zero-order valence-electron chi connectivity index (χ0n) is 14.9. The smallest absolute Gasteiger partial charge is 0.414 e. The number of carbonyl (C=O) groups is 1. The molecule has 0 saturated carbocycles. The molecule has 7 nitrogen and oxygen atoms in total. The molecule has 0 spiro atoms. The number of aliphatic hydroxyl groups is 1. The molecular formula is C19H23N3O4. The van der Waals surface area contributed by atoms with Gasteiger partial charge in [-0.05, 0) is 31.9 Å². The van der Waals surface area contributed by atoms with Crippen molar-refractivity contribution >= 4 is 17.0 Å². The van der Waals surface area contributed by atoms with Crippen LogP contribution in [0, 0.1) is 0 Å². The number of fused-ring (bicyclic) bond motifs is 1. The van der Waals surface area contributed by atoms with Crippen molar-refractivity contribution in [2.75, 3.05) is 26.3 Å². The van der Waals surface area contributed by atoms with Crippen molar-refractivity contribution in [1.29, 1.82) is 0 Å². The summed E-state index contributed by atoms with van der Waals surface area (Å²) in [5.41, 5.74) is 1.81. The summed E-state index contributed by atoms with van der Waals surface area (Å²) in [6, 6.07) is 5.68. The monoisotopic (exact) mass is 357 g/mol. The van der Waals surface area contributed by atoms with Crippen LogP contribution in [0.25, 0.3) is 10.9 Å². The van der Waals surface area contributed by atoms with Crippen molar-refractivity contribution in [3.05, 3.63) is 42.6 Å². The molecule has 1 amide bonds. The molecule has 0 bridgehead atoms. The Morgan fingerprint density at radius 1 is 1.35 bits per heavy atom. The Labute approximate surface area is 152 Å². The third-order valence-electron chi connectivity index (χ3n) is 4.40. The van der Waals surface area contributed by atoms with E-state index in [0.717, 1.165) is 29.4 Å². The molecule has 3 rings (SSSR count). The highest BCUT2D eigenvalue weighted by Gasteiger charge is 2.26. The van der Waals surface area contributed by atoms with Crippen LogP contribution in [-0.2, 0) is 4.74 Å². The van der Waals surface area contributed by atoms with E-state index in [4.69, 9.17) is 14.6 Å². The highest BCUT2D eigenvalue weighted by Crippen LogP contribution is 2.32. The largest absolute Gasteiger partial charge is 0.491 e. The van der Waals surface area contributed by atoms with Crippen LogP contribution in [0.5, 0.6) is 5.75 Å². The molecule has 0 unspecified atom stereocenters. The second kappa shape index (κ2) is 8.14. The number of benzene rings is 1. The molecule has 1 N–H and O–H groups in total. The molecule has 1 fully saturated rings. The van der Waals surface area contributed by atoms with Crippen molar-refractivity contribution in [3.63, 3.8) is 0 Å². The number of hydrogen-bond donors (Lipinski definition) is 1. The molecule has 1 aliphatic rings. The Hall–Kier alpha value is -2.67. The zero-order chi connectivity index (χ0) is 18.5. The van der Waals surface area contributed by atoms with Crippen LogP contribution in [-0.4, -0.2) is 52.4 Å². The predicted octanol–water partition coefficient (Wildman–Crippen LogP) is 2.85. The fourth-order valence-corrected chi connectivity index (χ4v) is 3.19. The number of amides is 1. The van der Waals surface area contributed by atoms with E-state index in [1.165, 1.54) is 0 Å². The van der Waals surface area contributed by atoms with Crippen molar-refractivity contribution < 1.29 is 19.4 Å². The fraction of sp³-hybridized carbons (Fsp3) is 0.421. The lowest BCUT2D eigenvalue weighted by Gasteiger charge is -2.31. The van der Waals surface area contributed by atoms with Gasteiger partial charge in [0.2, 0.25) is 0 Å². The number of rotatable bonds is 5. The summed E-state index contributed by atoms with van der Waals surface area (Å²) in [6.45, 7) is 6.74. The van der Waals surface area contributed by atoms with Gasteiger partial charge in [-0.25, -0.2) is 14.8 Å². The van der Waals surface area contributed by atoms with E-state index in [1.807, 2.05) is 18.2 Å². The molecule has 1 aliphatic heterocycles. The molecule has 1 saturated heterocycles. The van der Waals surface area contributed by atoms with Crippen LogP contribution < -0.4 is 4.74 Å². The first-order valence-corrected chi connectivity index (χ1v) is 8.69. The number of ether oxygens (including phenoxy) is 2. The first-order chi connectivity index (χ1) is 12.6. The molecule has 2 aromatic rings. The summed E-state index contributed by atoms with van der Waals surface area (Å²) < 4.78 is 10.5. The minimum absolute atomic E-state index is 0.0283. The minimum atomic E-state index is -0.339. The fourth-order valence-electron chi connectivity index (χ4n) is 3.19. The standard InChI is InChI=1S/C19H23N3O4/c1-13(2)26-19(24)22-7-5-14(6-8-22)18-16-4-3-15(25-10-9-23)11-17(16)20-12-21-18/h3-4,11-12,14,23H,1,5-10H2,2H3. The number of allylic oxidation sites excluding steroid dienone is 1. The molecule has 7 heteroatoms. The van der Waals surface area contributed by atoms with Crippen LogP contribution in [0.3, 0.4) is 0 Å². The summed E-state index contributed by atoms with van der Waals surface area (Å²) >= 11 is 0. The number of hydrogen-bond acceptors (Lipinski definition) is 6. The summed E-state index contributed by atoms with van der Waals surface area (Å²) in [6.07, 6.45) is 2.87. The van der Waals surface area contributed by atoms with E-state index >= 15 is 0 Å². The van der Waals surface area contributed by atoms with Gasteiger partial charge in [0.15, 0.2) is 0 Å². The number of carbonyl (C=O) groups excluding carboxylic acids is 1. The Kier molecular flexibility index (Phi) is 5.68. The van der Waals surface area contributed by atoms with Gasteiger partial charge in [-0.2, -0.15) is 0 Å². The van der Waals surface area contributed by atoms with Crippen LogP contribution in [0.1, 0.15) is 31.4 Å². The highest BCUT2D eigenvalue weighted by atomic mass is 16.6. The van der Waals surface area contributed by atoms with Gasteiger partial charge in [0, 0.05) is 30.5 Å². The van der Waals surface area contributed by atoms with E-state index in [1.54, 1.807) is 18.2 Å². The van der Waals surface area contributed by atoms with Crippen LogP contribution in [0.15, 0.2) is 36.9 Å². The third kappa shape index (κ3) is 4.11. The topological polar surface area (TPSA) is 84.8 Å². The van der Waals surface area contributed by atoms with Gasteiger partial charge in [0.1, 0.15) is 18.7 Å². The minimum Gasteiger partial charge on any atom is -0.491 e. The lowest BCUT2D eigenvalue weighted by molar-refractivity contribution is 0.117. The van der Waals surface area contributed by atoms with Gasteiger partial charge in [-0.3, -0.25) is 0 Å². The molecule has 0 radical (unpaired) electrons. The van der Waals surface area contributed by atoms with E-state index in [9.17, 15) is 4.79 Å². The first kappa shape index (κ1) is 18.1. The van der Waals surface area contributed by atoms with Gasteiger partial charge in [-0.15, -0.1) is 0 Å². The van der Waals surface area contributed by atoms with Gasteiger partial charge in [-0.1, -0.05) is 6.58 Å². The number of aliphatic hydroxyl groups excluding tert-OH is 1. The number of piperidine rings is 1. The van der Waals surface area contributed by atoms with E-state index in [0.29, 0.717) is 24.6 Å². The molecule has 1 aromatic carbocycles. The van der Waals surface area contributed by atoms with Gasteiger partial charge >= 0.3 is 6.09 Å². The van der Waals surface area contributed by atoms with Crippen LogP contribution >= 0.6 is 0 Å². The van der Waals surface area contributed by atoms with E-state index in [-0.39, 0.29) is 25.2 Å². The molecule has 0 aliphatic carbocycles. The second-order valence-electron chi connectivity index (χ2n) is 6.34.